The molecule has 0 bridgehead atoms. The molecular formula is C32H42IrNO2-. The summed E-state index contributed by atoms with van der Waals surface area (Å²) in [6.07, 6.45) is 16.6. The summed E-state index contributed by atoms with van der Waals surface area (Å²) in [5.41, 5.74) is 4.48. The fourth-order valence-corrected chi connectivity index (χ4v) is 4.28. The maximum atomic E-state index is 10.0. The first-order valence-corrected chi connectivity index (χ1v) is 13.0. The van der Waals surface area contributed by atoms with Gasteiger partial charge in [0.15, 0.2) is 0 Å². The second-order valence-electron chi connectivity index (χ2n) is 11.2. The van der Waals surface area contributed by atoms with Gasteiger partial charge in [-0.3, -0.25) is 0 Å². The van der Waals surface area contributed by atoms with Crippen molar-refractivity contribution < 1.29 is 30.3 Å². The van der Waals surface area contributed by atoms with Gasteiger partial charge in [0.25, 0.3) is 0 Å². The molecule has 2 aliphatic rings. The minimum atomic E-state index is -0.427. The molecule has 2 aliphatic carbocycles. The van der Waals surface area contributed by atoms with Gasteiger partial charge in [-0.15, -0.1) is 41.0 Å². The van der Waals surface area contributed by atoms with Crippen molar-refractivity contribution in [3.8, 4) is 11.3 Å². The van der Waals surface area contributed by atoms with Crippen molar-refractivity contribution in [2.24, 2.45) is 16.7 Å². The predicted molar refractivity (Wildman–Crippen MR) is 147 cm³/mol. The van der Waals surface area contributed by atoms with Crippen LogP contribution in [0, 0.1) is 22.8 Å². The SMILES string of the molecule is CCC(C)(C)C(O)CC(O)C(C)(C)CC.[Ir].[c-]1cc2c(cc1-c1ccccn1)C1C=CC=CC1C=C2. The molecule has 36 heavy (non-hydrogen) atoms. The van der Waals surface area contributed by atoms with E-state index in [2.05, 4.69) is 73.5 Å². The zero-order chi connectivity index (χ0) is 25.6. The minimum Gasteiger partial charge on any atom is -0.392 e. The largest absolute Gasteiger partial charge is 0.392 e. The Kier molecular flexibility index (Phi) is 11.1. The van der Waals surface area contributed by atoms with Crippen molar-refractivity contribution in [2.45, 2.75) is 78.9 Å². The third-order valence-electron chi connectivity index (χ3n) is 8.07. The molecule has 197 valence electrons. The number of nitrogens with zero attached hydrogens (tertiary/aromatic N) is 1. The molecule has 4 heteroatoms. The van der Waals surface area contributed by atoms with Crippen molar-refractivity contribution in [1.29, 1.82) is 0 Å². The monoisotopic (exact) mass is 665 g/mol. The molecule has 0 fully saturated rings. The van der Waals surface area contributed by atoms with E-state index in [0.29, 0.717) is 18.3 Å². The predicted octanol–water partition coefficient (Wildman–Crippen LogP) is 7.37. The van der Waals surface area contributed by atoms with E-state index in [-0.39, 0.29) is 30.9 Å². The van der Waals surface area contributed by atoms with E-state index in [1.165, 1.54) is 11.1 Å². The van der Waals surface area contributed by atoms with E-state index >= 15 is 0 Å². The molecule has 0 saturated carbocycles. The minimum absolute atomic E-state index is 0. The van der Waals surface area contributed by atoms with Gasteiger partial charge in [-0.25, -0.2) is 0 Å². The number of hydrogen-bond acceptors (Lipinski definition) is 3. The second kappa shape index (κ2) is 13.1. The van der Waals surface area contributed by atoms with Crippen LogP contribution in [-0.4, -0.2) is 27.4 Å². The van der Waals surface area contributed by atoms with Gasteiger partial charge in [0.2, 0.25) is 0 Å². The van der Waals surface area contributed by atoms with Crippen LogP contribution in [0.1, 0.15) is 77.8 Å². The van der Waals surface area contributed by atoms with E-state index in [9.17, 15) is 10.2 Å². The number of allylic oxidation sites excluding steroid dienone is 5. The second-order valence-corrected chi connectivity index (χ2v) is 11.2. The molecule has 1 radical (unpaired) electrons. The molecule has 4 unspecified atom stereocenters. The molecule has 4 atom stereocenters. The van der Waals surface area contributed by atoms with Gasteiger partial charge in [0, 0.05) is 38.6 Å². The maximum Gasteiger partial charge on any atom is 0.0615 e. The normalized spacial score (nSPS) is 19.8. The number of pyridine rings is 1. The molecule has 3 nitrogen and oxygen atoms in total. The first-order valence-electron chi connectivity index (χ1n) is 13.0. The third kappa shape index (κ3) is 7.35. The Balaban J connectivity index is 0.000000260. The van der Waals surface area contributed by atoms with Gasteiger partial charge in [0.1, 0.15) is 0 Å². The topological polar surface area (TPSA) is 53.4 Å². The summed E-state index contributed by atoms with van der Waals surface area (Å²) in [5, 5.41) is 20.1. The van der Waals surface area contributed by atoms with Crippen LogP contribution in [0.5, 0.6) is 0 Å². The van der Waals surface area contributed by atoms with Gasteiger partial charge in [-0.1, -0.05) is 84.1 Å². The quantitative estimate of drug-likeness (QED) is 0.304. The van der Waals surface area contributed by atoms with Gasteiger partial charge >= 0.3 is 0 Å². The van der Waals surface area contributed by atoms with Gasteiger partial charge < -0.3 is 15.2 Å². The number of rotatable bonds is 7. The molecule has 1 aromatic heterocycles. The third-order valence-corrected chi connectivity index (χ3v) is 8.07. The van der Waals surface area contributed by atoms with Crippen molar-refractivity contribution in [1.82, 2.24) is 4.98 Å². The Bertz CT molecular complexity index is 1040. The summed E-state index contributed by atoms with van der Waals surface area (Å²) >= 11 is 0. The summed E-state index contributed by atoms with van der Waals surface area (Å²) in [6.45, 7) is 12.3. The first kappa shape index (κ1) is 30.4. The number of aromatic nitrogens is 1. The van der Waals surface area contributed by atoms with Crippen molar-refractivity contribution in [3.63, 3.8) is 0 Å². The van der Waals surface area contributed by atoms with Crippen LogP contribution in [0.25, 0.3) is 17.3 Å². The maximum absolute atomic E-state index is 10.0. The Morgan fingerprint density at radius 1 is 0.944 bits per heavy atom. The smallest absolute Gasteiger partial charge is 0.0615 e. The molecule has 1 aromatic carbocycles. The molecule has 2 N–H and O–H groups in total. The number of aliphatic hydroxyl groups excluding tert-OH is 2. The Hall–Kier alpha value is -1.84. The Morgan fingerprint density at radius 3 is 2.17 bits per heavy atom. The van der Waals surface area contributed by atoms with Crippen LogP contribution >= 0.6 is 0 Å². The van der Waals surface area contributed by atoms with Gasteiger partial charge in [-0.2, -0.15) is 0 Å². The van der Waals surface area contributed by atoms with E-state index < -0.39 is 12.2 Å². The first-order chi connectivity index (χ1) is 16.6. The van der Waals surface area contributed by atoms with Crippen molar-refractivity contribution in [3.05, 3.63) is 84.1 Å². The average Bonchev–Trinajstić information content (AvgIpc) is 2.89. The number of hydrogen-bond donors (Lipinski definition) is 2. The van der Waals surface area contributed by atoms with Crippen molar-refractivity contribution in [2.75, 3.05) is 0 Å². The zero-order valence-electron chi connectivity index (χ0n) is 22.5. The molecule has 0 saturated heterocycles. The zero-order valence-corrected chi connectivity index (χ0v) is 24.9. The molecule has 0 amide bonds. The summed E-state index contributed by atoms with van der Waals surface area (Å²) in [4.78, 5) is 4.42. The van der Waals surface area contributed by atoms with Crippen LogP contribution in [0.2, 0.25) is 0 Å². The van der Waals surface area contributed by atoms with Crippen LogP contribution in [0.15, 0.2) is 66.9 Å². The fourth-order valence-electron chi connectivity index (χ4n) is 4.28. The van der Waals surface area contributed by atoms with Crippen LogP contribution in [-0.2, 0) is 20.1 Å². The number of aliphatic hydroxyl groups is 2. The van der Waals surface area contributed by atoms with E-state index in [1.807, 2.05) is 52.1 Å². The van der Waals surface area contributed by atoms with Crippen LogP contribution in [0.3, 0.4) is 0 Å². The molecule has 0 aliphatic heterocycles. The Labute approximate surface area is 231 Å². The van der Waals surface area contributed by atoms with Gasteiger partial charge in [0.05, 0.1) is 12.2 Å². The average molecular weight is 665 g/mol. The van der Waals surface area contributed by atoms with E-state index in [4.69, 9.17) is 0 Å². The Morgan fingerprint density at radius 2 is 1.58 bits per heavy atom. The summed E-state index contributed by atoms with van der Waals surface area (Å²) in [6, 6.07) is 13.7. The molecule has 1 heterocycles. The van der Waals surface area contributed by atoms with E-state index in [1.54, 1.807) is 0 Å². The molecule has 4 rings (SSSR count). The fraction of sp³-hybridized carbons (Fsp3) is 0.469. The summed E-state index contributed by atoms with van der Waals surface area (Å²) in [5.74, 6) is 0.920. The summed E-state index contributed by atoms with van der Waals surface area (Å²) in [7, 11) is 0. The van der Waals surface area contributed by atoms with Gasteiger partial charge in [-0.05, 0) is 41.3 Å². The van der Waals surface area contributed by atoms with Crippen molar-refractivity contribution >= 4 is 6.08 Å². The summed E-state index contributed by atoms with van der Waals surface area (Å²) < 4.78 is 0. The molecule has 0 spiro atoms. The van der Waals surface area contributed by atoms with E-state index in [0.717, 1.165) is 24.1 Å². The van der Waals surface area contributed by atoms with Crippen LogP contribution < -0.4 is 0 Å². The molecule has 2 aromatic rings. The number of fused-ring (bicyclic) bond motifs is 3. The molecular weight excluding hydrogens is 623 g/mol. The number of benzene rings is 1. The standard InChI is InChI=1S/C19H14N.C13H28O2.Ir/c1-2-6-17-14(5-1)8-9-15-10-11-16(13-18(15)17)19-7-3-4-12-20-19;1-7-12(3,4)10(14)9-11(15)13(5,6)8-2;/h1-10,12-14,17H;10-11,14-15H,7-9H2,1-6H3;/q-1;;. The van der Waals surface area contributed by atoms with Crippen LogP contribution in [0.4, 0.5) is 0 Å².